The average Bonchev–Trinajstić information content (AvgIpc) is 2.81. The minimum Gasteiger partial charge on any atom is -0.453 e. The van der Waals surface area contributed by atoms with Gasteiger partial charge < -0.3 is 9.64 Å². The van der Waals surface area contributed by atoms with Gasteiger partial charge in [0, 0.05) is 51.2 Å². The van der Waals surface area contributed by atoms with E-state index in [0.717, 1.165) is 25.3 Å². The van der Waals surface area contributed by atoms with Crippen LogP contribution in [-0.4, -0.2) is 51.9 Å². The highest BCUT2D eigenvalue weighted by atomic mass is 19.1. The molecule has 1 fully saturated rings. The molecule has 2 aromatic heterocycles. The first-order valence-electron chi connectivity index (χ1n) is 10.1. The summed E-state index contributed by atoms with van der Waals surface area (Å²) < 4.78 is 19.8. The number of hydrogen-bond acceptors (Lipinski definition) is 5. The summed E-state index contributed by atoms with van der Waals surface area (Å²) in [5, 5.41) is 0. The maximum atomic E-state index is 14.4. The number of carbonyl (C=O) groups is 1. The number of carbonyl (C=O) groups excluding carboxylic acids is 1. The van der Waals surface area contributed by atoms with Gasteiger partial charge in [0.1, 0.15) is 5.75 Å². The Kier molecular flexibility index (Phi) is 6.64. The molecule has 1 aliphatic rings. The predicted octanol–water partition coefficient (Wildman–Crippen LogP) is 3.77. The summed E-state index contributed by atoms with van der Waals surface area (Å²) in [5.74, 6) is -0.00210. The van der Waals surface area contributed by atoms with Crippen LogP contribution >= 0.6 is 0 Å². The molecule has 0 unspecified atom stereocenters. The summed E-state index contributed by atoms with van der Waals surface area (Å²) in [6, 6.07) is 13.9. The smallest absolute Gasteiger partial charge is 0.246 e. The van der Waals surface area contributed by atoms with Crippen LogP contribution in [0.5, 0.6) is 11.5 Å². The van der Waals surface area contributed by atoms with E-state index in [0.29, 0.717) is 24.4 Å². The molecule has 0 spiro atoms. The van der Waals surface area contributed by atoms with Gasteiger partial charge in [-0.3, -0.25) is 19.7 Å². The van der Waals surface area contributed by atoms with E-state index in [1.807, 2.05) is 23.1 Å². The van der Waals surface area contributed by atoms with Gasteiger partial charge in [-0.1, -0.05) is 12.1 Å². The highest BCUT2D eigenvalue weighted by molar-refractivity contribution is 5.91. The summed E-state index contributed by atoms with van der Waals surface area (Å²) in [4.78, 5) is 24.9. The number of amides is 1. The highest BCUT2D eigenvalue weighted by Crippen LogP contribution is 2.24. The fourth-order valence-electron chi connectivity index (χ4n) is 3.36. The molecule has 1 saturated heterocycles. The molecule has 31 heavy (non-hydrogen) atoms. The molecule has 1 aliphatic heterocycles. The molecule has 0 aliphatic carbocycles. The second-order valence-electron chi connectivity index (χ2n) is 7.24. The Morgan fingerprint density at radius 2 is 1.94 bits per heavy atom. The van der Waals surface area contributed by atoms with Crippen molar-refractivity contribution < 1.29 is 13.9 Å². The minimum atomic E-state index is -0.499. The quantitative estimate of drug-likeness (QED) is 0.571. The molecule has 1 amide bonds. The van der Waals surface area contributed by atoms with Crippen LogP contribution in [-0.2, 0) is 11.3 Å². The number of aromatic nitrogens is 2. The van der Waals surface area contributed by atoms with E-state index in [1.54, 1.807) is 42.7 Å². The van der Waals surface area contributed by atoms with Crippen molar-refractivity contribution in [3.8, 4) is 11.5 Å². The molecule has 0 N–H and O–H groups in total. The van der Waals surface area contributed by atoms with E-state index in [4.69, 9.17) is 4.74 Å². The Morgan fingerprint density at radius 1 is 1.06 bits per heavy atom. The molecular formula is C24H23FN4O2. The molecule has 3 aromatic rings. The Balaban J connectivity index is 1.29. The van der Waals surface area contributed by atoms with Gasteiger partial charge >= 0.3 is 0 Å². The first-order chi connectivity index (χ1) is 15.2. The highest BCUT2D eigenvalue weighted by Gasteiger charge is 2.19. The lowest BCUT2D eigenvalue weighted by atomic mass is 10.2. The van der Waals surface area contributed by atoms with E-state index < -0.39 is 5.82 Å². The lowest BCUT2D eigenvalue weighted by molar-refractivity contribution is -0.127. The Morgan fingerprint density at radius 3 is 2.65 bits per heavy atom. The van der Waals surface area contributed by atoms with Crippen molar-refractivity contribution in [1.29, 1.82) is 0 Å². The van der Waals surface area contributed by atoms with Crippen molar-refractivity contribution in [3.05, 3.63) is 90.3 Å². The van der Waals surface area contributed by atoms with Gasteiger partial charge in [0.2, 0.25) is 5.91 Å². The molecule has 0 bridgehead atoms. The van der Waals surface area contributed by atoms with Crippen molar-refractivity contribution >= 4 is 12.0 Å². The van der Waals surface area contributed by atoms with Crippen molar-refractivity contribution in [2.45, 2.75) is 6.54 Å². The number of rotatable bonds is 6. The average molecular weight is 418 g/mol. The molecule has 3 heterocycles. The molecule has 0 radical (unpaired) electrons. The summed E-state index contributed by atoms with van der Waals surface area (Å²) >= 11 is 0. The van der Waals surface area contributed by atoms with Gasteiger partial charge in [-0.25, -0.2) is 4.39 Å². The standard InChI is InChI=1S/C24H23FN4O2/c25-22-16-19(6-8-23(22)31-21-5-3-10-26-17-21)7-9-24(30)29-14-12-28(13-15-29)18-20-4-1-2-11-27-20/h1-11,16-17H,12-15,18H2/b9-7+. The van der Waals surface area contributed by atoms with Gasteiger partial charge in [-0.05, 0) is 48.0 Å². The van der Waals surface area contributed by atoms with Crippen LogP contribution in [0.1, 0.15) is 11.3 Å². The number of hydrogen-bond donors (Lipinski definition) is 0. The molecule has 158 valence electrons. The number of nitrogens with zero attached hydrogens (tertiary/aromatic N) is 4. The Hall–Kier alpha value is -3.58. The Labute approximate surface area is 180 Å². The normalized spacial score (nSPS) is 14.7. The van der Waals surface area contributed by atoms with E-state index in [1.165, 1.54) is 18.3 Å². The molecule has 4 rings (SSSR count). The van der Waals surface area contributed by atoms with Crippen LogP contribution in [0.4, 0.5) is 4.39 Å². The predicted molar refractivity (Wildman–Crippen MR) is 116 cm³/mol. The van der Waals surface area contributed by atoms with Gasteiger partial charge in [0.25, 0.3) is 0 Å². The lowest BCUT2D eigenvalue weighted by Crippen LogP contribution is -2.47. The van der Waals surface area contributed by atoms with Gasteiger partial charge in [-0.2, -0.15) is 0 Å². The number of halogens is 1. The zero-order chi connectivity index (χ0) is 21.5. The van der Waals surface area contributed by atoms with E-state index in [9.17, 15) is 9.18 Å². The van der Waals surface area contributed by atoms with Crippen LogP contribution in [0.25, 0.3) is 6.08 Å². The van der Waals surface area contributed by atoms with Crippen molar-refractivity contribution in [1.82, 2.24) is 19.8 Å². The summed E-state index contributed by atoms with van der Waals surface area (Å²) in [6.45, 7) is 3.69. The van der Waals surface area contributed by atoms with E-state index in [2.05, 4.69) is 14.9 Å². The molecular weight excluding hydrogens is 395 g/mol. The van der Waals surface area contributed by atoms with Gasteiger partial charge in [0.05, 0.1) is 11.9 Å². The fourth-order valence-corrected chi connectivity index (χ4v) is 3.36. The fraction of sp³-hybridized carbons (Fsp3) is 0.208. The van der Waals surface area contributed by atoms with E-state index in [-0.39, 0.29) is 11.7 Å². The number of pyridine rings is 2. The zero-order valence-electron chi connectivity index (χ0n) is 17.0. The van der Waals surface area contributed by atoms with Crippen molar-refractivity contribution in [3.63, 3.8) is 0 Å². The summed E-state index contributed by atoms with van der Waals surface area (Å²) in [6.07, 6.45) is 8.04. The monoisotopic (exact) mass is 418 g/mol. The molecule has 6 nitrogen and oxygen atoms in total. The number of ether oxygens (including phenoxy) is 1. The van der Waals surface area contributed by atoms with Crippen molar-refractivity contribution in [2.75, 3.05) is 26.2 Å². The number of benzene rings is 1. The van der Waals surface area contributed by atoms with Gasteiger partial charge in [-0.15, -0.1) is 0 Å². The largest absolute Gasteiger partial charge is 0.453 e. The first kappa shape index (κ1) is 20.7. The Bertz CT molecular complexity index is 1040. The second kappa shape index (κ2) is 9.95. The maximum Gasteiger partial charge on any atom is 0.246 e. The van der Waals surface area contributed by atoms with Crippen LogP contribution in [0.3, 0.4) is 0 Å². The lowest BCUT2D eigenvalue weighted by Gasteiger charge is -2.34. The third kappa shape index (κ3) is 5.73. The summed E-state index contributed by atoms with van der Waals surface area (Å²) in [5.41, 5.74) is 1.62. The molecule has 0 saturated carbocycles. The van der Waals surface area contributed by atoms with Crippen molar-refractivity contribution in [2.24, 2.45) is 0 Å². The van der Waals surface area contributed by atoms with Gasteiger partial charge in [0.15, 0.2) is 11.6 Å². The first-order valence-corrected chi connectivity index (χ1v) is 10.1. The topological polar surface area (TPSA) is 58.6 Å². The number of piperazine rings is 1. The minimum absolute atomic E-state index is 0.0754. The second-order valence-corrected chi connectivity index (χ2v) is 7.24. The SMILES string of the molecule is O=C(/C=C/c1ccc(Oc2cccnc2)c(F)c1)N1CCN(Cc2ccccn2)CC1. The van der Waals surface area contributed by atoms with Crippen LogP contribution in [0.2, 0.25) is 0 Å². The molecule has 0 atom stereocenters. The maximum absolute atomic E-state index is 14.4. The molecule has 1 aromatic carbocycles. The van der Waals surface area contributed by atoms with Crippen LogP contribution < -0.4 is 4.74 Å². The van der Waals surface area contributed by atoms with E-state index >= 15 is 0 Å². The van der Waals surface area contributed by atoms with Crippen LogP contribution in [0, 0.1) is 5.82 Å². The third-order valence-corrected chi connectivity index (χ3v) is 5.03. The molecule has 7 heteroatoms. The third-order valence-electron chi connectivity index (χ3n) is 5.03. The van der Waals surface area contributed by atoms with Crippen LogP contribution in [0.15, 0.2) is 73.2 Å². The zero-order valence-corrected chi connectivity index (χ0v) is 17.0. The summed E-state index contributed by atoms with van der Waals surface area (Å²) in [7, 11) is 0.